The molecule has 3 aliphatic heterocycles. The monoisotopic (exact) mass is 542 g/mol. The molecule has 8 atom stereocenters. The molecule has 2 aromatic rings. The van der Waals surface area contributed by atoms with E-state index in [0.717, 1.165) is 0 Å². The lowest BCUT2D eigenvalue weighted by Crippen LogP contribution is -2.48. The van der Waals surface area contributed by atoms with E-state index in [9.17, 15) is 40.0 Å². The quantitative estimate of drug-likeness (QED) is 0.116. The van der Waals surface area contributed by atoms with Crippen LogP contribution in [0.5, 0.6) is 0 Å². The van der Waals surface area contributed by atoms with E-state index in [1.165, 1.54) is 21.8 Å². The number of anilines is 1. The molecule has 194 valence electrons. The average Bonchev–Trinajstić information content (AvgIpc) is 3.41. The standard InChI is InChI=1S/C16H25N5O12P2/c17-14-9-15-19-5-20(14)7-1-6(10(22)11(7)23)2-30-34(26,27)33-35(28,29)31-3-8-12(24)13(25)16(32-8)21(15)4-18-9/h4-8,10-13,16-17,22-29H,1-3H2/q+2/p+1/t6-,7-,8-,10-,11+,12-,13-,16-/m1/s1. The predicted molar refractivity (Wildman–Crippen MR) is 113 cm³/mol. The van der Waals surface area contributed by atoms with Gasteiger partial charge in [-0.15, -0.1) is 4.52 Å². The van der Waals surface area contributed by atoms with E-state index in [1.54, 1.807) is 0 Å². The van der Waals surface area contributed by atoms with Gasteiger partial charge in [0.1, 0.15) is 50.0 Å². The molecule has 2 aromatic heterocycles. The molecule has 0 aromatic carbocycles. The largest absolute Gasteiger partial charge is 0.620 e. The lowest BCUT2D eigenvalue weighted by molar-refractivity contribution is -0.717. The lowest BCUT2D eigenvalue weighted by Gasteiger charge is -2.18. The fraction of sp³-hybridized carbons (Fsp3) is 0.688. The molecule has 0 radical (unpaired) electrons. The molecule has 35 heavy (non-hydrogen) atoms. The zero-order chi connectivity index (χ0) is 25.3. The number of nitrogens with zero attached hydrogens (tertiary/aromatic N) is 4. The first kappa shape index (κ1) is 25.4. The van der Waals surface area contributed by atoms with Crippen molar-refractivity contribution in [2.75, 3.05) is 18.9 Å². The van der Waals surface area contributed by atoms with Gasteiger partial charge in [0, 0.05) is 5.92 Å². The summed E-state index contributed by atoms with van der Waals surface area (Å²) in [6.07, 6.45) is -5.60. The Bertz CT molecular complexity index is 1110. The van der Waals surface area contributed by atoms with Gasteiger partial charge in [-0.05, 0) is 6.42 Å². The average molecular weight is 542 g/mol. The van der Waals surface area contributed by atoms with E-state index < -0.39 is 78.3 Å². The highest BCUT2D eigenvalue weighted by Gasteiger charge is 2.62. The summed E-state index contributed by atoms with van der Waals surface area (Å²) in [6.45, 7) is -1.24. The van der Waals surface area contributed by atoms with Gasteiger partial charge in [-0.3, -0.25) is 4.57 Å². The van der Waals surface area contributed by atoms with Crippen LogP contribution in [0.4, 0.5) is 5.82 Å². The third kappa shape index (κ3) is 4.52. The molecule has 19 heteroatoms. The van der Waals surface area contributed by atoms with Crippen LogP contribution < -0.4 is 10.3 Å². The molecule has 0 spiro atoms. The van der Waals surface area contributed by atoms with E-state index in [-0.39, 0.29) is 23.4 Å². The number of rotatable bonds is 0. The number of nitrogen functional groups attached to an aromatic ring is 1. The van der Waals surface area contributed by atoms with E-state index >= 15 is 0 Å². The minimum absolute atomic E-state index is 0.0679. The normalized spacial score (nSPS) is 39.2. The molecule has 0 unspecified atom stereocenters. The van der Waals surface area contributed by atoms with Crippen LogP contribution in [0.1, 0.15) is 18.7 Å². The topological polar surface area (TPSA) is 259 Å². The molecule has 1 saturated heterocycles. The van der Waals surface area contributed by atoms with Crippen molar-refractivity contribution in [2.24, 2.45) is 5.92 Å². The Morgan fingerprint density at radius 3 is 2.34 bits per heavy atom. The Morgan fingerprint density at radius 1 is 0.943 bits per heavy atom. The van der Waals surface area contributed by atoms with Crippen LogP contribution in [-0.4, -0.2) is 98.3 Å². The van der Waals surface area contributed by atoms with E-state index in [4.69, 9.17) is 19.5 Å². The van der Waals surface area contributed by atoms with Gasteiger partial charge in [0.2, 0.25) is 12.0 Å². The summed E-state index contributed by atoms with van der Waals surface area (Å²) in [5.74, 6) is -0.734. The number of aliphatic hydroxyl groups excluding tert-OH is 4. The Balaban J connectivity index is 1.56. The van der Waals surface area contributed by atoms with Gasteiger partial charge < -0.3 is 30.9 Å². The van der Waals surface area contributed by atoms with Crippen molar-refractivity contribution in [3.05, 3.63) is 12.7 Å². The highest BCUT2D eigenvalue weighted by molar-refractivity contribution is 7.68. The molecule has 2 fully saturated rings. The van der Waals surface area contributed by atoms with Crippen LogP contribution in [-0.2, 0) is 18.1 Å². The number of fused-ring (bicyclic) bond motifs is 7. The first-order valence-electron chi connectivity index (χ1n) is 10.5. The number of aromatic nitrogens is 4. The van der Waals surface area contributed by atoms with Gasteiger partial charge in [0.15, 0.2) is 11.7 Å². The van der Waals surface area contributed by atoms with E-state index in [0.29, 0.717) is 0 Å². The smallest absolute Gasteiger partial charge is 0.390 e. The van der Waals surface area contributed by atoms with Crippen LogP contribution in [0.3, 0.4) is 0 Å². The maximum Gasteiger partial charge on any atom is 0.620 e. The first-order valence-corrected chi connectivity index (χ1v) is 13.5. The molecular weight excluding hydrogens is 516 g/mol. The van der Waals surface area contributed by atoms with Crippen molar-refractivity contribution in [3.63, 3.8) is 0 Å². The highest BCUT2D eigenvalue weighted by atomic mass is 31.3. The zero-order valence-corrected chi connectivity index (χ0v) is 19.7. The fourth-order valence-electron chi connectivity index (χ4n) is 4.60. The molecule has 5 heterocycles. The summed E-state index contributed by atoms with van der Waals surface area (Å²) in [7, 11) is -9.74. The summed E-state index contributed by atoms with van der Waals surface area (Å²) < 4.78 is 22.6. The third-order valence-corrected chi connectivity index (χ3v) is 9.08. The van der Waals surface area contributed by atoms with Crippen molar-refractivity contribution in [1.82, 2.24) is 14.5 Å². The molecule has 6 rings (SSSR count). The molecule has 4 aliphatic rings. The van der Waals surface area contributed by atoms with Gasteiger partial charge in [-0.25, -0.2) is 9.55 Å². The maximum atomic E-state index is 10.6. The Labute approximate surface area is 197 Å². The van der Waals surface area contributed by atoms with E-state index in [2.05, 4.69) is 14.3 Å². The minimum Gasteiger partial charge on any atom is -0.390 e. The number of ether oxygens (including phenoxy) is 1. The molecule has 1 aliphatic carbocycles. The number of hydrogen-bond acceptors (Lipinski definition) is 15. The summed E-state index contributed by atoms with van der Waals surface area (Å²) in [5, 5.41) is 42.0. The zero-order valence-electron chi connectivity index (χ0n) is 17.9. The van der Waals surface area contributed by atoms with Crippen LogP contribution >= 0.6 is 16.3 Å². The molecule has 17 nitrogen and oxygen atoms in total. The second-order valence-electron chi connectivity index (χ2n) is 8.61. The van der Waals surface area contributed by atoms with Crippen molar-refractivity contribution in [2.45, 2.75) is 49.2 Å². The van der Waals surface area contributed by atoms with Crippen molar-refractivity contribution in [3.8, 4) is 0 Å². The molecule has 0 amide bonds. The van der Waals surface area contributed by atoms with Gasteiger partial charge in [0.25, 0.3) is 5.82 Å². The third-order valence-electron chi connectivity index (χ3n) is 6.41. The van der Waals surface area contributed by atoms with Crippen molar-refractivity contribution < 1.29 is 62.7 Å². The molecule has 1 saturated carbocycles. The number of aliphatic hydroxyl groups is 4. The maximum absolute atomic E-state index is 10.6. The summed E-state index contributed by atoms with van der Waals surface area (Å²) in [5.41, 5.74) is 6.67. The first-order chi connectivity index (χ1) is 16.4. The van der Waals surface area contributed by atoms with Crippen molar-refractivity contribution >= 4 is 33.3 Å². The van der Waals surface area contributed by atoms with Gasteiger partial charge in [-0.1, -0.05) is 4.98 Å². The highest BCUT2D eigenvalue weighted by Crippen LogP contribution is 2.70. The SMILES string of the molecule is Nc1c2ncn3c2nc[n+]1[C@@H]1C[C@H](CO[P+](O)(O)O[P+](O)(O)OC[C@H]2O[C@@H]3[C@H](O)[C@@H]2O)[C@@H](O)[C@H]1O. The fourth-order valence-corrected chi connectivity index (χ4v) is 6.81. The van der Waals surface area contributed by atoms with Crippen LogP contribution in [0.15, 0.2) is 12.7 Å². The minimum atomic E-state index is -4.89. The Hall–Kier alpha value is -1.27. The number of nitrogens with two attached hydrogens (primary N) is 1. The lowest BCUT2D eigenvalue weighted by atomic mass is 10.1. The van der Waals surface area contributed by atoms with E-state index in [1.807, 2.05) is 0 Å². The predicted octanol–water partition coefficient (Wildman–Crippen LogP) is -3.41. The summed E-state index contributed by atoms with van der Waals surface area (Å²) in [4.78, 5) is 48.6. The summed E-state index contributed by atoms with van der Waals surface area (Å²) in [6, 6.07) is -0.796. The van der Waals surface area contributed by atoms with Gasteiger partial charge in [0.05, 0.1) is 10.4 Å². The number of imidazole rings is 1. The van der Waals surface area contributed by atoms with Gasteiger partial charge >= 0.3 is 16.3 Å². The molecular formula is C16H26N5O12P2+3. The molecule has 10 N–H and O–H groups in total. The van der Waals surface area contributed by atoms with Crippen LogP contribution in [0.25, 0.3) is 11.2 Å². The Kier molecular flexibility index (Phi) is 6.48. The molecule has 8 bridgehead atoms. The van der Waals surface area contributed by atoms with Crippen LogP contribution in [0, 0.1) is 5.92 Å². The number of hydrogen-bond donors (Lipinski definition) is 9. The second kappa shape index (κ2) is 8.93. The van der Waals surface area contributed by atoms with Crippen molar-refractivity contribution in [1.29, 1.82) is 0 Å². The van der Waals surface area contributed by atoms with Gasteiger partial charge in [-0.2, -0.15) is 24.1 Å². The Morgan fingerprint density at radius 2 is 1.63 bits per heavy atom. The van der Waals surface area contributed by atoms with Crippen LogP contribution in [0.2, 0.25) is 0 Å². The summed E-state index contributed by atoms with van der Waals surface area (Å²) >= 11 is 0. The second-order valence-corrected chi connectivity index (χ2v) is 11.7.